The molecule has 3 heterocycles. The number of methoxy groups -OCH3 is 1. The number of aromatic nitrogens is 4. The molecule has 0 saturated heterocycles. The molecular formula is C24H15Cl2N5O3. The van der Waals surface area contributed by atoms with Crippen LogP contribution in [0.15, 0.2) is 65.5 Å². The predicted octanol–water partition coefficient (Wildman–Crippen LogP) is 4.99. The van der Waals surface area contributed by atoms with Crippen LogP contribution in [-0.4, -0.2) is 32.2 Å². The smallest absolute Gasteiger partial charge is 0.337 e. The number of hydrogen-bond donors (Lipinski definition) is 1. The number of hydrogen-bond acceptors (Lipinski definition) is 6. The Kier molecular flexibility index (Phi) is 4.62. The van der Waals surface area contributed by atoms with Crippen LogP contribution in [0, 0.1) is 0 Å². The van der Waals surface area contributed by atoms with E-state index in [-0.39, 0.29) is 10.6 Å². The zero-order valence-electron chi connectivity index (χ0n) is 17.6. The van der Waals surface area contributed by atoms with Crippen LogP contribution in [0.4, 0.5) is 11.9 Å². The molecule has 1 aliphatic heterocycles. The molecule has 0 bridgehead atoms. The first kappa shape index (κ1) is 20.7. The Morgan fingerprint density at radius 3 is 2.50 bits per heavy atom. The Morgan fingerprint density at radius 2 is 1.74 bits per heavy atom. The molecule has 0 unspecified atom stereocenters. The van der Waals surface area contributed by atoms with E-state index in [1.807, 2.05) is 28.8 Å². The van der Waals surface area contributed by atoms with E-state index in [0.29, 0.717) is 33.4 Å². The zero-order valence-corrected chi connectivity index (χ0v) is 19.1. The maximum atomic E-state index is 13.8. The molecule has 2 aromatic heterocycles. The highest BCUT2D eigenvalue weighted by atomic mass is 35.5. The van der Waals surface area contributed by atoms with Crippen molar-refractivity contribution in [3.05, 3.63) is 92.2 Å². The molecule has 0 spiro atoms. The minimum absolute atomic E-state index is 0.280. The van der Waals surface area contributed by atoms with Gasteiger partial charge in [-0.2, -0.15) is 0 Å². The molecule has 0 fully saturated rings. The van der Waals surface area contributed by atoms with Gasteiger partial charge in [0, 0.05) is 5.02 Å². The highest BCUT2D eigenvalue weighted by Crippen LogP contribution is 2.37. The molecule has 5 aromatic rings. The van der Waals surface area contributed by atoms with Crippen LogP contribution in [0.2, 0.25) is 10.0 Å². The van der Waals surface area contributed by atoms with E-state index in [2.05, 4.69) is 10.3 Å². The van der Waals surface area contributed by atoms with Gasteiger partial charge in [0.1, 0.15) is 6.17 Å². The minimum Gasteiger partial charge on any atom is -0.465 e. The second kappa shape index (κ2) is 7.58. The number of anilines is 2. The summed E-state index contributed by atoms with van der Waals surface area (Å²) in [4.78, 5) is 35.1. The summed E-state index contributed by atoms with van der Waals surface area (Å²) in [5.41, 5.74) is 2.76. The quantitative estimate of drug-likeness (QED) is 0.343. The van der Waals surface area contributed by atoms with Crippen molar-refractivity contribution in [2.75, 3.05) is 12.4 Å². The van der Waals surface area contributed by atoms with Crippen LogP contribution in [-0.2, 0) is 4.74 Å². The van der Waals surface area contributed by atoms with Crippen molar-refractivity contribution in [1.82, 2.24) is 19.1 Å². The maximum absolute atomic E-state index is 13.8. The second-order valence-electron chi connectivity index (χ2n) is 7.80. The summed E-state index contributed by atoms with van der Waals surface area (Å²) in [6.45, 7) is 0. The summed E-state index contributed by atoms with van der Waals surface area (Å²) in [5.74, 6) is 0.381. The summed E-state index contributed by atoms with van der Waals surface area (Å²) in [6.07, 6.45) is -0.632. The standard InChI is InChI=1S/C24H15Cl2N5O3/c1-34-22(33)13-8-6-12(7-9-13)20-30-18-5-3-2-4-17(18)27-23(30)29-24-28-19-15(21(32)31(20)24)10-14(25)11-16(19)26/h2-11,20H,1H3,(H,27,28,29)/t20-/m1/s1. The fourth-order valence-corrected chi connectivity index (χ4v) is 4.88. The molecule has 1 atom stereocenters. The van der Waals surface area contributed by atoms with Crippen LogP contribution >= 0.6 is 23.2 Å². The minimum atomic E-state index is -0.632. The first-order valence-electron chi connectivity index (χ1n) is 10.3. The lowest BCUT2D eigenvalue weighted by Gasteiger charge is -2.31. The average molecular weight is 492 g/mol. The Hall–Kier alpha value is -3.88. The van der Waals surface area contributed by atoms with Crippen molar-refractivity contribution in [3.63, 3.8) is 0 Å². The van der Waals surface area contributed by atoms with Crippen molar-refractivity contribution in [2.24, 2.45) is 0 Å². The number of rotatable bonds is 2. The molecule has 0 aliphatic carbocycles. The molecule has 0 radical (unpaired) electrons. The second-order valence-corrected chi connectivity index (χ2v) is 8.64. The average Bonchev–Trinajstić information content (AvgIpc) is 3.21. The highest BCUT2D eigenvalue weighted by molar-refractivity contribution is 6.38. The van der Waals surface area contributed by atoms with Crippen molar-refractivity contribution < 1.29 is 9.53 Å². The molecule has 0 saturated carbocycles. The molecule has 8 nitrogen and oxygen atoms in total. The van der Waals surface area contributed by atoms with E-state index in [0.717, 1.165) is 16.6 Å². The first-order chi connectivity index (χ1) is 16.5. The van der Waals surface area contributed by atoms with E-state index in [1.54, 1.807) is 41.0 Å². The lowest BCUT2D eigenvalue weighted by Crippen LogP contribution is -2.36. The Bertz CT molecular complexity index is 1690. The summed E-state index contributed by atoms with van der Waals surface area (Å²) >= 11 is 12.6. The van der Waals surface area contributed by atoms with Gasteiger partial charge in [-0.3, -0.25) is 19.2 Å². The van der Waals surface area contributed by atoms with E-state index in [4.69, 9.17) is 32.9 Å². The molecular weight excluding hydrogens is 477 g/mol. The predicted molar refractivity (Wildman–Crippen MR) is 130 cm³/mol. The van der Waals surface area contributed by atoms with E-state index >= 15 is 0 Å². The summed E-state index contributed by atoms with van der Waals surface area (Å²) < 4.78 is 8.29. The molecule has 34 heavy (non-hydrogen) atoms. The number of fused-ring (bicyclic) bond motifs is 5. The van der Waals surface area contributed by atoms with Gasteiger partial charge < -0.3 is 4.74 Å². The van der Waals surface area contributed by atoms with Gasteiger partial charge in [0.15, 0.2) is 0 Å². The van der Waals surface area contributed by atoms with Crippen LogP contribution in [0.25, 0.3) is 21.9 Å². The third kappa shape index (κ3) is 2.99. The number of imidazole rings is 1. The SMILES string of the molecule is COC(=O)c1ccc([C@H]2n3c(nc4c(Cl)cc(Cl)cc4c3=O)Nc3nc4ccccc4n32)cc1. The lowest BCUT2D eigenvalue weighted by atomic mass is 10.1. The summed E-state index contributed by atoms with van der Waals surface area (Å²) in [5, 5.41) is 4.10. The molecule has 1 aliphatic rings. The molecule has 6 rings (SSSR count). The van der Waals surface area contributed by atoms with Gasteiger partial charge in [-0.05, 0) is 42.0 Å². The number of nitrogens with one attached hydrogen (secondary N) is 1. The van der Waals surface area contributed by atoms with Crippen LogP contribution < -0.4 is 10.9 Å². The van der Waals surface area contributed by atoms with Gasteiger partial charge in [-0.1, -0.05) is 47.5 Å². The number of esters is 1. The van der Waals surface area contributed by atoms with Gasteiger partial charge in [0.05, 0.1) is 39.6 Å². The number of carbonyl (C=O) groups is 1. The molecule has 10 heteroatoms. The van der Waals surface area contributed by atoms with Crippen molar-refractivity contribution in [2.45, 2.75) is 6.17 Å². The molecule has 3 aromatic carbocycles. The van der Waals surface area contributed by atoms with E-state index in [9.17, 15) is 9.59 Å². The van der Waals surface area contributed by atoms with Gasteiger partial charge in [-0.25, -0.2) is 14.8 Å². The van der Waals surface area contributed by atoms with Gasteiger partial charge in [-0.15, -0.1) is 0 Å². The largest absolute Gasteiger partial charge is 0.465 e. The third-order valence-corrected chi connectivity index (χ3v) is 6.37. The lowest BCUT2D eigenvalue weighted by molar-refractivity contribution is 0.0600. The number of ether oxygens (including phenoxy) is 1. The van der Waals surface area contributed by atoms with Crippen LogP contribution in [0.3, 0.4) is 0 Å². The summed E-state index contributed by atoms with van der Waals surface area (Å²) in [7, 11) is 1.33. The Morgan fingerprint density at radius 1 is 1.00 bits per heavy atom. The van der Waals surface area contributed by atoms with Gasteiger partial charge in [0.2, 0.25) is 11.9 Å². The maximum Gasteiger partial charge on any atom is 0.337 e. The fourth-order valence-electron chi connectivity index (χ4n) is 4.35. The van der Waals surface area contributed by atoms with Crippen molar-refractivity contribution in [1.29, 1.82) is 0 Å². The van der Waals surface area contributed by atoms with Crippen molar-refractivity contribution >= 4 is 63.0 Å². The zero-order chi connectivity index (χ0) is 23.6. The number of carbonyl (C=O) groups excluding carboxylic acids is 1. The van der Waals surface area contributed by atoms with Crippen LogP contribution in [0.5, 0.6) is 0 Å². The van der Waals surface area contributed by atoms with E-state index < -0.39 is 12.1 Å². The molecule has 0 amide bonds. The fraction of sp³-hybridized carbons (Fsp3) is 0.0833. The van der Waals surface area contributed by atoms with Gasteiger partial charge in [0.25, 0.3) is 5.56 Å². The number of halogens is 2. The molecule has 168 valence electrons. The number of benzene rings is 3. The Balaban J connectivity index is 1.67. The topological polar surface area (TPSA) is 91.0 Å². The van der Waals surface area contributed by atoms with E-state index in [1.165, 1.54) is 7.11 Å². The van der Waals surface area contributed by atoms with Gasteiger partial charge >= 0.3 is 5.97 Å². The Labute approximate surface area is 202 Å². The van der Waals surface area contributed by atoms with Crippen molar-refractivity contribution in [3.8, 4) is 0 Å². The molecule has 1 N–H and O–H groups in total. The monoisotopic (exact) mass is 491 g/mol. The normalized spacial score (nSPS) is 14.5. The number of para-hydroxylation sites is 2. The third-order valence-electron chi connectivity index (χ3n) is 5.86. The summed E-state index contributed by atoms with van der Waals surface area (Å²) in [6, 6.07) is 17.6. The first-order valence-corrected chi connectivity index (χ1v) is 11.1. The highest BCUT2D eigenvalue weighted by Gasteiger charge is 2.32. The number of nitrogens with zero attached hydrogens (tertiary/aromatic N) is 4. The van der Waals surface area contributed by atoms with Crippen LogP contribution in [0.1, 0.15) is 22.1 Å².